The van der Waals surface area contributed by atoms with Crippen molar-refractivity contribution >= 4 is 12.6 Å². The Morgan fingerprint density at radius 1 is 1.10 bits per heavy atom. The Labute approximate surface area is 123 Å². The van der Waals surface area contributed by atoms with E-state index in [1.807, 2.05) is 36.4 Å². The number of aliphatic hydroxyl groups excluding tert-OH is 1. The van der Waals surface area contributed by atoms with Crippen molar-refractivity contribution in [2.24, 2.45) is 5.92 Å². The molecule has 0 saturated heterocycles. The average molecular weight is 284 g/mol. The van der Waals surface area contributed by atoms with Crippen LogP contribution in [0, 0.1) is 5.92 Å². The second kappa shape index (κ2) is 5.89. The van der Waals surface area contributed by atoms with Crippen LogP contribution < -0.4 is 10.2 Å². The van der Waals surface area contributed by atoms with Gasteiger partial charge in [0.2, 0.25) is 6.29 Å². The summed E-state index contributed by atoms with van der Waals surface area (Å²) in [6, 6.07) is 15.1. The molecule has 4 nitrogen and oxygen atoms in total. The molecule has 0 fully saturated rings. The molecular weight excluding hydrogens is 267 g/mol. The predicted octanol–water partition coefficient (Wildman–Crippen LogP) is 0.479. The standard InChI is InChI=1S/C16H17BO4/c18-16-13(8-11-4-2-1-3-5-11)9-12-6-7-14(17(19)20)10-15(12)21-16/h1-7,10,13,16,18-20H,8-9H2. The van der Waals surface area contributed by atoms with Crippen molar-refractivity contribution in [3.63, 3.8) is 0 Å². The van der Waals surface area contributed by atoms with E-state index in [0.29, 0.717) is 17.6 Å². The van der Waals surface area contributed by atoms with Gasteiger partial charge < -0.3 is 19.9 Å². The summed E-state index contributed by atoms with van der Waals surface area (Å²) in [6.45, 7) is 0. The summed E-state index contributed by atoms with van der Waals surface area (Å²) in [5.74, 6) is 0.516. The molecule has 0 spiro atoms. The molecular formula is C16H17BO4. The Balaban J connectivity index is 1.79. The summed E-state index contributed by atoms with van der Waals surface area (Å²) in [4.78, 5) is 0. The van der Waals surface area contributed by atoms with E-state index in [4.69, 9.17) is 4.74 Å². The van der Waals surface area contributed by atoms with Crippen LogP contribution in [0.1, 0.15) is 11.1 Å². The van der Waals surface area contributed by atoms with Crippen LogP contribution in [0.3, 0.4) is 0 Å². The number of ether oxygens (including phenoxy) is 1. The lowest BCUT2D eigenvalue weighted by Crippen LogP contribution is -2.36. The SMILES string of the molecule is OB(O)c1ccc2c(c1)OC(O)C(Cc1ccccc1)C2. The van der Waals surface area contributed by atoms with Crippen LogP contribution in [0.4, 0.5) is 0 Å². The second-order valence-electron chi connectivity index (χ2n) is 5.40. The van der Waals surface area contributed by atoms with E-state index >= 15 is 0 Å². The van der Waals surface area contributed by atoms with E-state index in [1.54, 1.807) is 12.1 Å². The van der Waals surface area contributed by atoms with Gasteiger partial charge in [0.15, 0.2) is 0 Å². The number of hydrogen-bond donors (Lipinski definition) is 3. The minimum atomic E-state index is -1.53. The highest BCUT2D eigenvalue weighted by Gasteiger charge is 2.29. The van der Waals surface area contributed by atoms with E-state index in [0.717, 1.165) is 17.5 Å². The first-order chi connectivity index (χ1) is 10.1. The van der Waals surface area contributed by atoms with E-state index < -0.39 is 13.4 Å². The number of fused-ring (bicyclic) bond motifs is 1. The molecule has 1 heterocycles. The summed E-state index contributed by atoms with van der Waals surface area (Å²) in [5.41, 5.74) is 2.50. The Morgan fingerprint density at radius 3 is 2.57 bits per heavy atom. The highest BCUT2D eigenvalue weighted by molar-refractivity contribution is 6.58. The van der Waals surface area contributed by atoms with Gasteiger partial charge in [-0.25, -0.2) is 0 Å². The van der Waals surface area contributed by atoms with Crippen molar-refractivity contribution in [1.82, 2.24) is 0 Å². The molecule has 0 radical (unpaired) electrons. The third kappa shape index (κ3) is 3.10. The minimum Gasteiger partial charge on any atom is -0.465 e. The molecule has 3 N–H and O–H groups in total. The van der Waals surface area contributed by atoms with E-state index in [9.17, 15) is 15.2 Å². The van der Waals surface area contributed by atoms with Crippen LogP contribution in [0.25, 0.3) is 0 Å². The number of rotatable bonds is 3. The van der Waals surface area contributed by atoms with E-state index in [2.05, 4.69) is 0 Å². The molecule has 0 bridgehead atoms. The monoisotopic (exact) mass is 284 g/mol. The lowest BCUT2D eigenvalue weighted by molar-refractivity contribution is -0.0724. The molecule has 21 heavy (non-hydrogen) atoms. The Kier molecular flexibility index (Phi) is 3.97. The van der Waals surface area contributed by atoms with Crippen LogP contribution in [-0.4, -0.2) is 28.6 Å². The molecule has 1 aliphatic rings. The highest BCUT2D eigenvalue weighted by Crippen LogP contribution is 2.31. The van der Waals surface area contributed by atoms with Crippen LogP contribution in [0.5, 0.6) is 5.75 Å². The average Bonchev–Trinajstić information content (AvgIpc) is 2.48. The first kappa shape index (κ1) is 14.1. The zero-order valence-electron chi connectivity index (χ0n) is 11.5. The third-order valence-corrected chi connectivity index (χ3v) is 3.86. The summed E-state index contributed by atoms with van der Waals surface area (Å²) >= 11 is 0. The summed E-state index contributed by atoms with van der Waals surface area (Å²) in [7, 11) is -1.53. The van der Waals surface area contributed by atoms with Crippen LogP contribution in [0.2, 0.25) is 0 Å². The fraction of sp³-hybridized carbons (Fsp3) is 0.250. The van der Waals surface area contributed by atoms with Gasteiger partial charge in [-0.2, -0.15) is 0 Å². The van der Waals surface area contributed by atoms with Crippen molar-refractivity contribution in [1.29, 1.82) is 0 Å². The van der Waals surface area contributed by atoms with Crippen molar-refractivity contribution in [2.75, 3.05) is 0 Å². The Morgan fingerprint density at radius 2 is 1.86 bits per heavy atom. The summed E-state index contributed by atoms with van der Waals surface area (Å²) < 4.78 is 5.54. The van der Waals surface area contributed by atoms with Crippen LogP contribution in [0.15, 0.2) is 48.5 Å². The molecule has 2 aromatic rings. The number of aliphatic hydroxyl groups is 1. The molecule has 0 aliphatic carbocycles. The van der Waals surface area contributed by atoms with Crippen LogP contribution in [-0.2, 0) is 12.8 Å². The molecule has 0 amide bonds. The lowest BCUT2D eigenvalue weighted by atomic mass is 9.78. The molecule has 0 saturated carbocycles. The predicted molar refractivity (Wildman–Crippen MR) is 80.2 cm³/mol. The maximum Gasteiger partial charge on any atom is 0.488 e. The molecule has 3 rings (SSSR count). The number of benzene rings is 2. The van der Waals surface area contributed by atoms with Crippen molar-refractivity contribution in [3.8, 4) is 5.75 Å². The van der Waals surface area contributed by atoms with Gasteiger partial charge in [0.1, 0.15) is 5.75 Å². The molecule has 0 aromatic heterocycles. The third-order valence-electron chi connectivity index (χ3n) is 3.86. The largest absolute Gasteiger partial charge is 0.488 e. The van der Waals surface area contributed by atoms with Gasteiger partial charge in [-0.3, -0.25) is 0 Å². The topological polar surface area (TPSA) is 69.9 Å². The Bertz CT molecular complexity index is 615. The zero-order valence-corrected chi connectivity index (χ0v) is 11.5. The van der Waals surface area contributed by atoms with E-state index in [1.165, 1.54) is 0 Å². The quantitative estimate of drug-likeness (QED) is 0.717. The van der Waals surface area contributed by atoms with Gasteiger partial charge in [-0.1, -0.05) is 42.5 Å². The molecule has 2 unspecified atom stereocenters. The molecule has 5 heteroatoms. The van der Waals surface area contributed by atoms with Crippen molar-refractivity contribution in [2.45, 2.75) is 19.1 Å². The zero-order chi connectivity index (χ0) is 14.8. The van der Waals surface area contributed by atoms with Gasteiger partial charge in [-0.15, -0.1) is 0 Å². The lowest BCUT2D eigenvalue weighted by Gasteiger charge is -2.30. The second-order valence-corrected chi connectivity index (χ2v) is 5.40. The summed E-state index contributed by atoms with van der Waals surface area (Å²) in [5, 5.41) is 28.5. The fourth-order valence-corrected chi connectivity index (χ4v) is 2.71. The summed E-state index contributed by atoms with van der Waals surface area (Å²) in [6.07, 6.45) is 0.558. The van der Waals surface area contributed by atoms with Gasteiger partial charge >= 0.3 is 7.12 Å². The molecule has 108 valence electrons. The maximum absolute atomic E-state index is 10.2. The fourth-order valence-electron chi connectivity index (χ4n) is 2.71. The first-order valence-corrected chi connectivity index (χ1v) is 7.01. The molecule has 2 aromatic carbocycles. The van der Waals surface area contributed by atoms with Gasteiger partial charge in [-0.05, 0) is 35.5 Å². The van der Waals surface area contributed by atoms with Gasteiger partial charge in [0.25, 0.3) is 0 Å². The molecule has 2 atom stereocenters. The first-order valence-electron chi connectivity index (χ1n) is 7.01. The highest BCUT2D eigenvalue weighted by atomic mass is 16.6. The number of hydrogen-bond acceptors (Lipinski definition) is 4. The smallest absolute Gasteiger partial charge is 0.465 e. The van der Waals surface area contributed by atoms with E-state index in [-0.39, 0.29) is 5.92 Å². The minimum absolute atomic E-state index is 0.00944. The maximum atomic E-state index is 10.2. The van der Waals surface area contributed by atoms with Gasteiger partial charge in [0.05, 0.1) is 0 Å². The van der Waals surface area contributed by atoms with Crippen molar-refractivity contribution < 1.29 is 19.9 Å². The normalized spacial score (nSPS) is 20.5. The van der Waals surface area contributed by atoms with Crippen LogP contribution >= 0.6 is 0 Å². The Hall–Kier alpha value is -1.82. The van der Waals surface area contributed by atoms with Gasteiger partial charge in [0, 0.05) is 5.92 Å². The van der Waals surface area contributed by atoms with Crippen molar-refractivity contribution in [3.05, 3.63) is 59.7 Å². The molecule has 1 aliphatic heterocycles.